The maximum absolute atomic E-state index is 5.91. The van der Waals surface area contributed by atoms with E-state index in [9.17, 15) is 0 Å². The fourth-order valence-electron chi connectivity index (χ4n) is 2.00. The molecular weight excluding hydrogens is 160 g/mol. The molecule has 13 heavy (non-hydrogen) atoms. The van der Waals surface area contributed by atoms with Gasteiger partial charge >= 0.3 is 0 Å². The molecule has 0 aromatic rings. The molecule has 0 amide bonds. The Labute approximate surface area is 81.8 Å². The first-order valence-electron chi connectivity index (χ1n) is 5.36. The van der Waals surface area contributed by atoms with Crippen LogP contribution in [-0.2, 0) is 0 Å². The molecule has 1 fully saturated rings. The summed E-state index contributed by atoms with van der Waals surface area (Å²) in [4.78, 5) is 2.47. The predicted octanol–water partition coefficient (Wildman–Crippen LogP) is 1.77. The van der Waals surface area contributed by atoms with E-state index in [0.29, 0.717) is 6.04 Å². The van der Waals surface area contributed by atoms with Gasteiger partial charge in [-0.3, -0.25) is 4.90 Å². The number of hydrogen-bond acceptors (Lipinski definition) is 2. The minimum Gasteiger partial charge on any atom is -0.327 e. The second-order valence-corrected chi connectivity index (χ2v) is 4.10. The molecule has 1 saturated heterocycles. The van der Waals surface area contributed by atoms with E-state index < -0.39 is 0 Å². The van der Waals surface area contributed by atoms with Crippen molar-refractivity contribution in [1.82, 2.24) is 4.90 Å². The van der Waals surface area contributed by atoms with Crippen LogP contribution in [0.3, 0.4) is 0 Å². The van der Waals surface area contributed by atoms with Crippen molar-refractivity contribution >= 4 is 0 Å². The van der Waals surface area contributed by atoms with Gasteiger partial charge in [0.25, 0.3) is 0 Å². The van der Waals surface area contributed by atoms with E-state index in [2.05, 4.69) is 24.8 Å². The first-order chi connectivity index (χ1) is 6.22. The van der Waals surface area contributed by atoms with Crippen LogP contribution in [0.1, 0.15) is 33.1 Å². The molecule has 2 nitrogen and oxygen atoms in total. The molecule has 0 bridgehead atoms. The average molecular weight is 182 g/mol. The minimum atomic E-state index is 0.406. The van der Waals surface area contributed by atoms with Crippen molar-refractivity contribution in [1.29, 1.82) is 0 Å². The van der Waals surface area contributed by atoms with E-state index in [4.69, 9.17) is 5.73 Å². The number of allylic oxidation sites excluding steroid dienone is 1. The summed E-state index contributed by atoms with van der Waals surface area (Å²) in [6.07, 6.45) is 5.92. The quantitative estimate of drug-likeness (QED) is 0.674. The molecule has 2 N–H and O–H groups in total. The van der Waals surface area contributed by atoms with Gasteiger partial charge in [-0.1, -0.05) is 18.6 Å². The fraction of sp³-hybridized carbons (Fsp3) is 0.818. The molecule has 0 aliphatic carbocycles. The summed E-state index contributed by atoms with van der Waals surface area (Å²) < 4.78 is 0. The summed E-state index contributed by atoms with van der Waals surface area (Å²) in [5, 5.41) is 0. The third-order valence-electron chi connectivity index (χ3n) is 2.57. The average Bonchev–Trinajstić information content (AvgIpc) is 2.04. The first kappa shape index (κ1) is 10.7. The highest BCUT2D eigenvalue weighted by molar-refractivity contribution is 5.00. The molecule has 0 aromatic carbocycles. The molecule has 76 valence electrons. The Morgan fingerprint density at radius 1 is 1.62 bits per heavy atom. The van der Waals surface area contributed by atoms with Crippen molar-refractivity contribution < 1.29 is 0 Å². The molecule has 1 heterocycles. The lowest BCUT2D eigenvalue weighted by Gasteiger charge is -2.30. The third kappa shape index (κ3) is 3.92. The molecule has 0 radical (unpaired) electrons. The van der Waals surface area contributed by atoms with Gasteiger partial charge in [-0.05, 0) is 32.7 Å². The zero-order valence-electron chi connectivity index (χ0n) is 8.92. The van der Waals surface area contributed by atoms with Gasteiger partial charge in [0.05, 0.1) is 0 Å². The molecule has 1 aliphatic heterocycles. The number of nitrogens with zero attached hydrogens (tertiary/aromatic N) is 1. The Morgan fingerprint density at radius 3 is 3.00 bits per heavy atom. The summed E-state index contributed by atoms with van der Waals surface area (Å²) >= 11 is 0. The summed E-state index contributed by atoms with van der Waals surface area (Å²) in [5.74, 6) is 0. The third-order valence-corrected chi connectivity index (χ3v) is 2.57. The number of piperidine rings is 1. The van der Waals surface area contributed by atoms with Gasteiger partial charge in [0.1, 0.15) is 0 Å². The van der Waals surface area contributed by atoms with Gasteiger partial charge in [-0.25, -0.2) is 0 Å². The van der Waals surface area contributed by atoms with Crippen LogP contribution in [-0.4, -0.2) is 30.6 Å². The van der Waals surface area contributed by atoms with E-state index in [-0.39, 0.29) is 0 Å². The maximum atomic E-state index is 5.91. The zero-order valence-corrected chi connectivity index (χ0v) is 8.92. The lowest BCUT2D eigenvalue weighted by Crippen LogP contribution is -2.43. The first-order valence-corrected chi connectivity index (χ1v) is 5.36. The number of hydrogen-bond donors (Lipinski definition) is 1. The Morgan fingerprint density at radius 2 is 2.38 bits per heavy atom. The standard InChI is InChI=1S/C11H22N2/c1-3-5-10(2)8-13-7-4-6-11(12)9-13/h5,11H,3-4,6-9,12H2,1-2H3/b10-5+. The van der Waals surface area contributed by atoms with E-state index in [1.807, 2.05) is 0 Å². The van der Waals surface area contributed by atoms with Gasteiger partial charge in [-0.2, -0.15) is 0 Å². The SMILES string of the molecule is CC/C=C(\C)CN1CCCC(N)C1. The molecule has 1 unspecified atom stereocenters. The number of rotatable bonds is 3. The fourth-order valence-corrected chi connectivity index (χ4v) is 2.00. The van der Waals surface area contributed by atoms with Gasteiger partial charge in [0, 0.05) is 19.1 Å². The molecule has 0 spiro atoms. The van der Waals surface area contributed by atoms with Crippen molar-refractivity contribution in [3.63, 3.8) is 0 Å². The van der Waals surface area contributed by atoms with Crippen LogP contribution in [0.2, 0.25) is 0 Å². The van der Waals surface area contributed by atoms with Crippen molar-refractivity contribution in [2.24, 2.45) is 5.73 Å². The molecule has 2 heteroatoms. The van der Waals surface area contributed by atoms with E-state index in [1.54, 1.807) is 0 Å². The van der Waals surface area contributed by atoms with E-state index in [1.165, 1.54) is 25.0 Å². The highest BCUT2D eigenvalue weighted by Crippen LogP contribution is 2.10. The van der Waals surface area contributed by atoms with Crippen LogP contribution < -0.4 is 5.73 Å². The lowest BCUT2D eigenvalue weighted by molar-refractivity contribution is 0.225. The molecule has 0 saturated carbocycles. The lowest BCUT2D eigenvalue weighted by atomic mass is 10.1. The predicted molar refractivity (Wildman–Crippen MR) is 57.7 cm³/mol. The molecule has 1 atom stereocenters. The van der Waals surface area contributed by atoms with Crippen LogP contribution >= 0.6 is 0 Å². The topological polar surface area (TPSA) is 29.3 Å². The van der Waals surface area contributed by atoms with Crippen molar-refractivity contribution in [3.8, 4) is 0 Å². The van der Waals surface area contributed by atoms with Gasteiger partial charge < -0.3 is 5.73 Å². The second kappa shape index (κ2) is 5.40. The number of likely N-dealkylation sites (tertiary alicyclic amines) is 1. The van der Waals surface area contributed by atoms with Crippen molar-refractivity contribution in [2.45, 2.75) is 39.2 Å². The largest absolute Gasteiger partial charge is 0.327 e. The van der Waals surface area contributed by atoms with Crippen LogP contribution in [0.4, 0.5) is 0 Å². The number of nitrogens with two attached hydrogens (primary N) is 1. The molecular formula is C11H22N2. The van der Waals surface area contributed by atoms with Gasteiger partial charge in [0.2, 0.25) is 0 Å². The summed E-state index contributed by atoms with van der Waals surface area (Å²) in [7, 11) is 0. The van der Waals surface area contributed by atoms with Crippen LogP contribution in [0.25, 0.3) is 0 Å². The smallest absolute Gasteiger partial charge is 0.0190 e. The molecule has 0 aromatic heterocycles. The monoisotopic (exact) mass is 182 g/mol. The van der Waals surface area contributed by atoms with Crippen molar-refractivity contribution in [3.05, 3.63) is 11.6 Å². The molecule has 1 rings (SSSR count). The van der Waals surface area contributed by atoms with Crippen LogP contribution in [0, 0.1) is 0 Å². The van der Waals surface area contributed by atoms with E-state index >= 15 is 0 Å². The second-order valence-electron chi connectivity index (χ2n) is 4.10. The highest BCUT2D eigenvalue weighted by atomic mass is 15.1. The van der Waals surface area contributed by atoms with E-state index in [0.717, 1.165) is 19.5 Å². The molecule has 1 aliphatic rings. The van der Waals surface area contributed by atoms with Gasteiger partial charge in [0.15, 0.2) is 0 Å². The Balaban J connectivity index is 2.31. The highest BCUT2D eigenvalue weighted by Gasteiger charge is 2.15. The normalized spacial score (nSPS) is 26.4. The summed E-state index contributed by atoms with van der Waals surface area (Å²) in [6, 6.07) is 0.406. The maximum Gasteiger partial charge on any atom is 0.0190 e. The summed E-state index contributed by atoms with van der Waals surface area (Å²) in [5.41, 5.74) is 7.40. The Kier molecular flexibility index (Phi) is 4.46. The van der Waals surface area contributed by atoms with Gasteiger partial charge in [-0.15, -0.1) is 0 Å². The summed E-state index contributed by atoms with van der Waals surface area (Å²) in [6.45, 7) is 7.81. The Bertz CT molecular complexity index is 175. The minimum absolute atomic E-state index is 0.406. The zero-order chi connectivity index (χ0) is 9.68. The van der Waals surface area contributed by atoms with Crippen LogP contribution in [0.5, 0.6) is 0 Å². The Hall–Kier alpha value is -0.340. The van der Waals surface area contributed by atoms with Crippen molar-refractivity contribution in [2.75, 3.05) is 19.6 Å². The van der Waals surface area contributed by atoms with Crippen LogP contribution in [0.15, 0.2) is 11.6 Å².